The van der Waals surface area contributed by atoms with Crippen molar-refractivity contribution in [3.05, 3.63) is 35.4 Å². The van der Waals surface area contributed by atoms with E-state index in [1.54, 1.807) is 12.1 Å². The Kier molecular flexibility index (Phi) is 4.66. The molecule has 0 amide bonds. The molecule has 0 bridgehead atoms. The van der Waals surface area contributed by atoms with E-state index in [0.29, 0.717) is 12.3 Å². The highest BCUT2D eigenvalue weighted by Gasteiger charge is 2.36. The first-order chi connectivity index (χ1) is 9.70. The van der Waals surface area contributed by atoms with Gasteiger partial charge in [0.1, 0.15) is 0 Å². The van der Waals surface area contributed by atoms with Gasteiger partial charge in [0.25, 0.3) is 0 Å². The molecule has 2 N–H and O–H groups in total. The highest BCUT2D eigenvalue weighted by molar-refractivity contribution is 5.25. The van der Waals surface area contributed by atoms with Crippen LogP contribution in [0.5, 0.6) is 0 Å². The molecular formula is C17H24F3N. The lowest BCUT2D eigenvalue weighted by Gasteiger charge is -2.42. The number of alkyl halides is 3. The monoisotopic (exact) mass is 299 g/mol. The van der Waals surface area contributed by atoms with Crippen LogP contribution in [-0.2, 0) is 12.6 Å². The molecule has 1 nitrogen and oxygen atoms in total. The summed E-state index contributed by atoms with van der Waals surface area (Å²) < 4.78 is 37.6. The maximum absolute atomic E-state index is 12.5. The summed E-state index contributed by atoms with van der Waals surface area (Å²) in [4.78, 5) is 0. The van der Waals surface area contributed by atoms with Crippen molar-refractivity contribution >= 4 is 0 Å². The Morgan fingerprint density at radius 2 is 1.81 bits per heavy atom. The molecule has 0 heterocycles. The topological polar surface area (TPSA) is 26.0 Å². The van der Waals surface area contributed by atoms with E-state index >= 15 is 0 Å². The summed E-state index contributed by atoms with van der Waals surface area (Å²) >= 11 is 0. The molecule has 0 aromatic heterocycles. The second-order valence-corrected chi connectivity index (χ2v) is 6.90. The van der Waals surface area contributed by atoms with Crippen LogP contribution in [0.3, 0.4) is 0 Å². The Morgan fingerprint density at radius 3 is 2.33 bits per heavy atom. The molecule has 1 aliphatic carbocycles. The van der Waals surface area contributed by atoms with Crippen molar-refractivity contribution in [2.45, 2.75) is 58.2 Å². The summed E-state index contributed by atoms with van der Waals surface area (Å²) in [6, 6.07) is 5.41. The molecule has 2 rings (SSSR count). The molecule has 1 fully saturated rings. The van der Waals surface area contributed by atoms with Crippen molar-refractivity contribution in [2.75, 3.05) is 0 Å². The predicted molar refractivity (Wildman–Crippen MR) is 78.9 cm³/mol. The Labute approximate surface area is 124 Å². The standard InChI is InChI=1S/C17H24F3N/c1-16(2)10-4-3-5-14(16)15(21)11-12-6-8-13(9-7-12)17(18,19)20/h6-9,14-15H,3-5,10-11,21H2,1-2H3. The largest absolute Gasteiger partial charge is 0.416 e. The van der Waals surface area contributed by atoms with Crippen LogP contribution in [-0.4, -0.2) is 6.04 Å². The fourth-order valence-corrected chi connectivity index (χ4v) is 3.56. The third-order valence-corrected chi connectivity index (χ3v) is 4.86. The lowest BCUT2D eigenvalue weighted by Crippen LogP contribution is -2.42. The fourth-order valence-electron chi connectivity index (χ4n) is 3.56. The van der Waals surface area contributed by atoms with Gasteiger partial charge in [0, 0.05) is 6.04 Å². The minimum atomic E-state index is -4.27. The molecule has 1 aromatic carbocycles. The van der Waals surface area contributed by atoms with E-state index in [9.17, 15) is 13.2 Å². The average molecular weight is 299 g/mol. The SMILES string of the molecule is CC1(C)CCCCC1C(N)Cc1ccc(C(F)(F)F)cc1. The second-order valence-electron chi connectivity index (χ2n) is 6.90. The molecule has 0 aliphatic heterocycles. The fraction of sp³-hybridized carbons (Fsp3) is 0.647. The average Bonchev–Trinajstić information content (AvgIpc) is 2.37. The van der Waals surface area contributed by atoms with Crippen molar-refractivity contribution in [1.82, 2.24) is 0 Å². The zero-order chi connectivity index (χ0) is 15.7. The maximum atomic E-state index is 12.5. The first kappa shape index (κ1) is 16.3. The minimum Gasteiger partial charge on any atom is -0.327 e. The van der Waals surface area contributed by atoms with Gasteiger partial charge in [-0.1, -0.05) is 38.8 Å². The van der Waals surface area contributed by atoms with Crippen molar-refractivity contribution in [3.8, 4) is 0 Å². The summed E-state index contributed by atoms with van der Waals surface area (Å²) in [6.07, 6.45) is 1.12. The van der Waals surface area contributed by atoms with Crippen LogP contribution >= 0.6 is 0 Å². The molecule has 1 aliphatic rings. The molecule has 21 heavy (non-hydrogen) atoms. The Bertz CT molecular complexity index is 462. The van der Waals surface area contributed by atoms with Crippen molar-refractivity contribution in [2.24, 2.45) is 17.1 Å². The maximum Gasteiger partial charge on any atom is 0.416 e. The quantitative estimate of drug-likeness (QED) is 0.853. The minimum absolute atomic E-state index is 0.0111. The van der Waals surface area contributed by atoms with Crippen LogP contribution < -0.4 is 5.73 Å². The van der Waals surface area contributed by atoms with E-state index in [4.69, 9.17) is 5.73 Å². The van der Waals surface area contributed by atoms with Gasteiger partial charge in [-0.3, -0.25) is 0 Å². The van der Waals surface area contributed by atoms with E-state index in [0.717, 1.165) is 24.1 Å². The lowest BCUT2D eigenvalue weighted by molar-refractivity contribution is -0.137. The first-order valence-electron chi connectivity index (χ1n) is 7.62. The zero-order valence-corrected chi connectivity index (χ0v) is 12.7. The van der Waals surface area contributed by atoms with Gasteiger partial charge in [-0.15, -0.1) is 0 Å². The second kappa shape index (κ2) is 5.99. The van der Waals surface area contributed by atoms with Crippen LogP contribution in [0.25, 0.3) is 0 Å². The smallest absolute Gasteiger partial charge is 0.327 e. The van der Waals surface area contributed by atoms with Gasteiger partial charge >= 0.3 is 6.18 Å². The Morgan fingerprint density at radius 1 is 1.19 bits per heavy atom. The number of hydrogen-bond donors (Lipinski definition) is 1. The Balaban J connectivity index is 2.04. The molecule has 1 aromatic rings. The summed E-state index contributed by atoms with van der Waals surface area (Å²) in [5.74, 6) is 0.438. The van der Waals surface area contributed by atoms with Gasteiger partial charge in [0.05, 0.1) is 5.56 Å². The van der Waals surface area contributed by atoms with Crippen LogP contribution in [0.1, 0.15) is 50.7 Å². The Hall–Kier alpha value is -1.03. The lowest BCUT2D eigenvalue weighted by atomic mass is 9.65. The van der Waals surface area contributed by atoms with Gasteiger partial charge in [-0.25, -0.2) is 0 Å². The van der Waals surface area contributed by atoms with E-state index in [1.807, 2.05) is 0 Å². The van der Waals surface area contributed by atoms with Gasteiger partial charge in [-0.05, 0) is 48.3 Å². The van der Waals surface area contributed by atoms with Crippen LogP contribution in [0.4, 0.5) is 13.2 Å². The van der Waals surface area contributed by atoms with Crippen LogP contribution in [0.15, 0.2) is 24.3 Å². The number of benzene rings is 1. The van der Waals surface area contributed by atoms with Gasteiger partial charge < -0.3 is 5.73 Å². The molecule has 0 radical (unpaired) electrons. The van der Waals surface area contributed by atoms with E-state index in [1.165, 1.54) is 19.3 Å². The molecule has 1 saturated carbocycles. The summed E-state index contributed by atoms with van der Waals surface area (Å²) in [7, 11) is 0. The van der Waals surface area contributed by atoms with Gasteiger partial charge in [-0.2, -0.15) is 13.2 Å². The summed E-state index contributed by atoms with van der Waals surface area (Å²) in [6.45, 7) is 4.51. The molecule has 2 unspecified atom stereocenters. The molecule has 2 atom stereocenters. The van der Waals surface area contributed by atoms with Gasteiger partial charge in [0.2, 0.25) is 0 Å². The third-order valence-electron chi connectivity index (χ3n) is 4.86. The number of rotatable bonds is 3. The third kappa shape index (κ3) is 4.00. The zero-order valence-electron chi connectivity index (χ0n) is 12.7. The normalized spacial score (nSPS) is 23.8. The molecule has 0 saturated heterocycles. The van der Waals surface area contributed by atoms with Crippen LogP contribution in [0.2, 0.25) is 0 Å². The molecule has 4 heteroatoms. The van der Waals surface area contributed by atoms with E-state index in [2.05, 4.69) is 13.8 Å². The van der Waals surface area contributed by atoms with Crippen molar-refractivity contribution < 1.29 is 13.2 Å². The highest BCUT2D eigenvalue weighted by Crippen LogP contribution is 2.42. The summed E-state index contributed by atoms with van der Waals surface area (Å²) in [5, 5.41) is 0. The number of nitrogens with two attached hydrogens (primary N) is 1. The first-order valence-corrected chi connectivity index (χ1v) is 7.62. The predicted octanol–water partition coefficient (Wildman–Crippen LogP) is 4.79. The van der Waals surface area contributed by atoms with Crippen molar-refractivity contribution in [1.29, 1.82) is 0 Å². The molecule has 118 valence electrons. The van der Waals surface area contributed by atoms with Crippen molar-refractivity contribution in [3.63, 3.8) is 0 Å². The summed E-state index contributed by atoms with van der Waals surface area (Å²) in [5.41, 5.74) is 6.87. The molecular weight excluding hydrogens is 275 g/mol. The van der Waals surface area contributed by atoms with Gasteiger partial charge in [0.15, 0.2) is 0 Å². The number of hydrogen-bond acceptors (Lipinski definition) is 1. The van der Waals surface area contributed by atoms with E-state index < -0.39 is 11.7 Å². The van der Waals surface area contributed by atoms with E-state index in [-0.39, 0.29) is 11.5 Å². The number of halogens is 3. The highest BCUT2D eigenvalue weighted by atomic mass is 19.4. The van der Waals surface area contributed by atoms with Crippen LogP contribution in [0, 0.1) is 11.3 Å². The molecule has 0 spiro atoms.